The molecule has 1 heterocycles. The first-order chi connectivity index (χ1) is 9.24. The van der Waals surface area contributed by atoms with Gasteiger partial charge in [0.2, 0.25) is 5.76 Å². The summed E-state index contributed by atoms with van der Waals surface area (Å²) < 4.78 is 10.7. The van der Waals surface area contributed by atoms with Gasteiger partial charge in [0.25, 0.3) is 0 Å². The summed E-state index contributed by atoms with van der Waals surface area (Å²) in [5.74, 6) is -0.397. The zero-order valence-electron chi connectivity index (χ0n) is 10.4. The maximum atomic E-state index is 12.0. The van der Waals surface area contributed by atoms with E-state index in [1.807, 2.05) is 18.2 Å². The second-order valence-corrected chi connectivity index (χ2v) is 4.75. The van der Waals surface area contributed by atoms with Gasteiger partial charge in [0.15, 0.2) is 11.9 Å². The Morgan fingerprint density at radius 1 is 1.26 bits per heavy atom. The van der Waals surface area contributed by atoms with Gasteiger partial charge in [0.1, 0.15) is 5.58 Å². The van der Waals surface area contributed by atoms with Crippen LogP contribution in [-0.4, -0.2) is 17.9 Å². The second-order valence-electron chi connectivity index (χ2n) is 4.75. The van der Waals surface area contributed by atoms with Crippen molar-refractivity contribution in [2.24, 2.45) is 0 Å². The van der Waals surface area contributed by atoms with Crippen LogP contribution >= 0.6 is 0 Å². The Morgan fingerprint density at radius 3 is 2.89 bits per heavy atom. The van der Waals surface area contributed by atoms with Crippen molar-refractivity contribution in [3.05, 3.63) is 36.1 Å². The predicted molar refractivity (Wildman–Crippen MR) is 68.9 cm³/mol. The van der Waals surface area contributed by atoms with Gasteiger partial charge in [-0.25, -0.2) is 4.79 Å². The highest BCUT2D eigenvalue weighted by atomic mass is 16.6. The molecule has 1 aromatic heterocycles. The normalized spacial score (nSPS) is 19.6. The summed E-state index contributed by atoms with van der Waals surface area (Å²) in [4.78, 5) is 23.6. The number of ether oxygens (including phenoxy) is 1. The van der Waals surface area contributed by atoms with Crippen molar-refractivity contribution < 1.29 is 18.7 Å². The van der Waals surface area contributed by atoms with Gasteiger partial charge in [-0.1, -0.05) is 18.2 Å². The van der Waals surface area contributed by atoms with E-state index < -0.39 is 12.1 Å². The summed E-state index contributed by atoms with van der Waals surface area (Å²) in [6, 6.07) is 9.01. The average Bonchev–Trinajstić information content (AvgIpc) is 2.85. The van der Waals surface area contributed by atoms with Crippen LogP contribution in [-0.2, 0) is 9.53 Å². The SMILES string of the molecule is O=C(O[C@H]1CCCCC1=O)c1cc2ccccc2o1. The number of carbonyl (C=O) groups is 2. The highest BCUT2D eigenvalue weighted by Gasteiger charge is 2.27. The largest absolute Gasteiger partial charge is 0.449 e. The smallest absolute Gasteiger partial charge is 0.374 e. The van der Waals surface area contributed by atoms with E-state index in [-0.39, 0.29) is 11.5 Å². The fourth-order valence-corrected chi connectivity index (χ4v) is 2.35. The molecule has 98 valence electrons. The molecule has 2 aromatic rings. The van der Waals surface area contributed by atoms with Crippen LogP contribution in [0, 0.1) is 0 Å². The van der Waals surface area contributed by atoms with E-state index >= 15 is 0 Å². The molecule has 0 saturated heterocycles. The number of benzene rings is 1. The first-order valence-corrected chi connectivity index (χ1v) is 6.46. The first-order valence-electron chi connectivity index (χ1n) is 6.46. The fourth-order valence-electron chi connectivity index (χ4n) is 2.35. The molecule has 1 atom stereocenters. The Kier molecular flexibility index (Phi) is 3.07. The predicted octanol–water partition coefficient (Wildman–Crippen LogP) is 3.10. The molecule has 0 amide bonds. The van der Waals surface area contributed by atoms with Crippen molar-refractivity contribution in [2.45, 2.75) is 31.8 Å². The van der Waals surface area contributed by atoms with E-state index in [0.717, 1.165) is 18.2 Å². The van der Waals surface area contributed by atoms with Crippen LogP contribution in [0.5, 0.6) is 0 Å². The van der Waals surface area contributed by atoms with Crippen molar-refractivity contribution in [3.8, 4) is 0 Å². The molecule has 1 aliphatic carbocycles. The van der Waals surface area contributed by atoms with Crippen LogP contribution in [0.3, 0.4) is 0 Å². The molecule has 1 aliphatic rings. The van der Waals surface area contributed by atoms with E-state index in [2.05, 4.69) is 0 Å². The molecule has 4 heteroatoms. The van der Waals surface area contributed by atoms with Crippen LogP contribution in [0.25, 0.3) is 11.0 Å². The molecule has 0 unspecified atom stereocenters. The lowest BCUT2D eigenvalue weighted by Crippen LogP contribution is -2.30. The number of furan rings is 1. The maximum absolute atomic E-state index is 12.0. The van der Waals surface area contributed by atoms with E-state index in [1.165, 1.54) is 0 Å². The summed E-state index contributed by atoms with van der Waals surface area (Å²) in [7, 11) is 0. The zero-order chi connectivity index (χ0) is 13.2. The lowest BCUT2D eigenvalue weighted by Gasteiger charge is -2.19. The minimum absolute atomic E-state index is 0.00992. The average molecular weight is 258 g/mol. The van der Waals surface area contributed by atoms with E-state index in [0.29, 0.717) is 18.4 Å². The van der Waals surface area contributed by atoms with Crippen LogP contribution in [0.2, 0.25) is 0 Å². The number of Topliss-reactive ketones (excluding diaryl/α,β-unsaturated/α-hetero) is 1. The third kappa shape index (κ3) is 2.38. The molecule has 0 aliphatic heterocycles. The number of para-hydroxylation sites is 1. The highest BCUT2D eigenvalue weighted by molar-refractivity contribution is 5.94. The van der Waals surface area contributed by atoms with Gasteiger partial charge < -0.3 is 9.15 Å². The number of hydrogen-bond donors (Lipinski definition) is 0. The summed E-state index contributed by atoms with van der Waals surface area (Å²) >= 11 is 0. The molecule has 1 fully saturated rings. The Bertz CT molecular complexity index is 593. The lowest BCUT2D eigenvalue weighted by atomic mass is 9.96. The van der Waals surface area contributed by atoms with E-state index in [4.69, 9.17) is 9.15 Å². The molecule has 0 spiro atoms. The third-order valence-electron chi connectivity index (χ3n) is 3.37. The number of hydrogen-bond acceptors (Lipinski definition) is 4. The molecule has 0 N–H and O–H groups in total. The van der Waals surface area contributed by atoms with Gasteiger partial charge in [0.05, 0.1) is 0 Å². The Balaban J connectivity index is 1.77. The number of rotatable bonds is 2. The van der Waals surface area contributed by atoms with Crippen molar-refractivity contribution >= 4 is 22.7 Å². The molecule has 0 bridgehead atoms. The quantitative estimate of drug-likeness (QED) is 0.777. The Morgan fingerprint density at radius 2 is 2.11 bits per heavy atom. The molecular formula is C15H14O4. The second kappa shape index (κ2) is 4.88. The molecule has 0 radical (unpaired) electrons. The third-order valence-corrected chi connectivity index (χ3v) is 3.37. The van der Waals surface area contributed by atoms with Gasteiger partial charge in [-0.3, -0.25) is 4.79 Å². The summed E-state index contributed by atoms with van der Waals surface area (Å²) in [5.41, 5.74) is 0.643. The fraction of sp³-hybridized carbons (Fsp3) is 0.333. The van der Waals surface area contributed by atoms with Crippen LogP contribution in [0.1, 0.15) is 36.2 Å². The summed E-state index contributed by atoms with van der Waals surface area (Å²) in [6.07, 6.45) is 2.32. The first kappa shape index (κ1) is 12.0. The van der Waals surface area contributed by atoms with E-state index in [9.17, 15) is 9.59 Å². The van der Waals surface area contributed by atoms with Crippen molar-refractivity contribution in [3.63, 3.8) is 0 Å². The van der Waals surface area contributed by atoms with Gasteiger partial charge in [0, 0.05) is 11.8 Å². The molecule has 4 nitrogen and oxygen atoms in total. The minimum atomic E-state index is -0.602. The maximum Gasteiger partial charge on any atom is 0.374 e. The number of carbonyl (C=O) groups excluding carboxylic acids is 2. The molecule has 19 heavy (non-hydrogen) atoms. The van der Waals surface area contributed by atoms with Crippen molar-refractivity contribution in [1.82, 2.24) is 0 Å². The Labute approximate surface area is 110 Å². The number of esters is 1. The minimum Gasteiger partial charge on any atom is -0.449 e. The van der Waals surface area contributed by atoms with Crippen LogP contribution < -0.4 is 0 Å². The topological polar surface area (TPSA) is 56.5 Å². The Hall–Kier alpha value is -2.10. The molecule has 1 aromatic carbocycles. The van der Waals surface area contributed by atoms with Crippen LogP contribution in [0.15, 0.2) is 34.7 Å². The molecule has 3 rings (SSSR count). The van der Waals surface area contributed by atoms with Gasteiger partial charge in [-0.15, -0.1) is 0 Å². The standard InChI is InChI=1S/C15H14O4/c16-11-6-2-4-8-13(11)19-15(17)14-9-10-5-1-3-7-12(10)18-14/h1,3,5,7,9,13H,2,4,6,8H2/t13-/m0/s1. The number of ketones is 1. The summed E-state index contributed by atoms with van der Waals surface area (Å²) in [6.45, 7) is 0. The monoisotopic (exact) mass is 258 g/mol. The zero-order valence-corrected chi connectivity index (χ0v) is 10.4. The van der Waals surface area contributed by atoms with Gasteiger partial charge in [-0.2, -0.15) is 0 Å². The van der Waals surface area contributed by atoms with Crippen molar-refractivity contribution in [1.29, 1.82) is 0 Å². The molecular weight excluding hydrogens is 244 g/mol. The van der Waals surface area contributed by atoms with Gasteiger partial charge in [-0.05, 0) is 31.4 Å². The lowest BCUT2D eigenvalue weighted by molar-refractivity contribution is -0.130. The molecule has 1 saturated carbocycles. The van der Waals surface area contributed by atoms with Crippen molar-refractivity contribution in [2.75, 3.05) is 0 Å². The summed E-state index contributed by atoms with van der Waals surface area (Å²) in [5, 5.41) is 0.851. The highest BCUT2D eigenvalue weighted by Crippen LogP contribution is 2.22. The van der Waals surface area contributed by atoms with Crippen LogP contribution in [0.4, 0.5) is 0 Å². The van der Waals surface area contributed by atoms with E-state index in [1.54, 1.807) is 12.1 Å². The van der Waals surface area contributed by atoms with Gasteiger partial charge >= 0.3 is 5.97 Å². The number of fused-ring (bicyclic) bond motifs is 1.